The van der Waals surface area contributed by atoms with Crippen molar-refractivity contribution in [1.82, 2.24) is 14.9 Å². The van der Waals surface area contributed by atoms with Gasteiger partial charge in [0.15, 0.2) is 0 Å². The van der Waals surface area contributed by atoms with Gasteiger partial charge in [-0.2, -0.15) is 4.98 Å². The van der Waals surface area contributed by atoms with Crippen LogP contribution in [0.5, 0.6) is 5.75 Å². The molecule has 0 bridgehead atoms. The van der Waals surface area contributed by atoms with Crippen LogP contribution >= 0.6 is 0 Å². The maximum Gasteiger partial charge on any atom is 0.351 e. The number of benzene rings is 1. The summed E-state index contributed by atoms with van der Waals surface area (Å²) in [6, 6.07) is 10.7. The molecule has 1 aromatic heterocycles. The molecule has 2 aliphatic rings. The van der Waals surface area contributed by atoms with Gasteiger partial charge < -0.3 is 34.8 Å². The number of hydrogen-bond donors (Lipinski definition) is 2. The van der Waals surface area contributed by atoms with E-state index in [9.17, 15) is 18.4 Å². The van der Waals surface area contributed by atoms with Crippen molar-refractivity contribution in [3.05, 3.63) is 76.9 Å². The van der Waals surface area contributed by atoms with Crippen LogP contribution in [0.1, 0.15) is 32.4 Å². The fourth-order valence-electron chi connectivity index (χ4n) is 3.62. The molecule has 232 valence electrons. The first-order chi connectivity index (χ1) is 20.1. The number of allylic oxidation sites excluding steroid dienone is 2. The number of nitrogen functional groups attached to an aromatic ring is 1. The van der Waals surface area contributed by atoms with Crippen LogP contribution in [0.3, 0.4) is 0 Å². The van der Waals surface area contributed by atoms with Gasteiger partial charge in [-0.05, 0) is 50.6 Å². The van der Waals surface area contributed by atoms with Crippen LogP contribution < -0.4 is 21.5 Å². The van der Waals surface area contributed by atoms with Gasteiger partial charge in [-0.15, -0.1) is 0 Å². The third-order valence-electron chi connectivity index (χ3n) is 5.86. The molecule has 0 radical (unpaired) electrons. The zero-order valence-electron chi connectivity index (χ0n) is 24.3. The van der Waals surface area contributed by atoms with Crippen LogP contribution in [-0.4, -0.2) is 74.9 Å². The number of halogens is 2. The molecule has 4 rings (SSSR count). The van der Waals surface area contributed by atoms with Crippen LogP contribution in [0.15, 0.2) is 71.2 Å². The van der Waals surface area contributed by atoms with Crippen molar-refractivity contribution in [1.29, 1.82) is 0 Å². The third-order valence-corrected chi connectivity index (χ3v) is 5.86. The first-order valence-electron chi connectivity index (χ1n) is 13.1. The minimum Gasteiger partial charge on any atom is -0.497 e. The Kier molecular flexibility index (Phi) is 16.5. The number of esters is 1. The lowest BCUT2D eigenvalue weighted by atomic mass is 10.1. The standard InChI is InChI=1S/C11H17NO2.C10H13F2N3O3.C7H8O.CH2O/c1-9(12-2)11(13)14-8-10-6-4-3-5-7-10;1-17-5-6-4-10(11,12)8(18-6)15-3-2-7(13)14-9(15)16;1-8-7-5-3-2-4-6-7;1-2/h4,6-7,9,12H,3,5,8H2,1-2H3;2-3,6,8H,4-5H2,1H3,(H2,13,14,16);2-6H,1H3;1H2. The number of anilines is 1. The van der Waals surface area contributed by atoms with Gasteiger partial charge in [0.2, 0.25) is 6.23 Å². The van der Waals surface area contributed by atoms with E-state index in [1.165, 1.54) is 13.2 Å². The monoisotopic (exact) mass is 594 g/mol. The topological polar surface area (TPSA) is 144 Å². The van der Waals surface area contributed by atoms with Gasteiger partial charge in [0.1, 0.15) is 31.0 Å². The second-order valence-corrected chi connectivity index (χ2v) is 8.97. The van der Waals surface area contributed by atoms with Crippen LogP contribution in [0, 0.1) is 0 Å². The second kappa shape index (κ2) is 19.2. The van der Waals surface area contributed by atoms with Crippen molar-refractivity contribution in [2.45, 2.75) is 50.5 Å². The van der Waals surface area contributed by atoms with Crippen LogP contribution in [0.2, 0.25) is 0 Å². The summed E-state index contributed by atoms with van der Waals surface area (Å²) in [5, 5.41) is 2.84. The third kappa shape index (κ3) is 12.3. The molecule has 1 saturated heterocycles. The summed E-state index contributed by atoms with van der Waals surface area (Å²) in [6.45, 7) is 4.22. The van der Waals surface area contributed by atoms with E-state index >= 15 is 0 Å². The molecule has 0 spiro atoms. The van der Waals surface area contributed by atoms with E-state index in [0.717, 1.165) is 34.9 Å². The number of nitrogens with two attached hydrogens (primary N) is 1. The van der Waals surface area contributed by atoms with Crippen molar-refractivity contribution < 1.29 is 37.3 Å². The van der Waals surface area contributed by atoms with Crippen molar-refractivity contribution >= 4 is 18.6 Å². The van der Waals surface area contributed by atoms with Crippen molar-refractivity contribution in [2.24, 2.45) is 0 Å². The van der Waals surface area contributed by atoms with Gasteiger partial charge in [0, 0.05) is 19.7 Å². The molecular formula is C29H40F2N4O7. The number of ether oxygens (including phenoxy) is 4. The van der Waals surface area contributed by atoms with E-state index in [1.807, 2.05) is 43.2 Å². The Hall–Kier alpha value is -3.94. The van der Waals surface area contributed by atoms with Crippen molar-refractivity contribution in [3.8, 4) is 5.75 Å². The Morgan fingerprint density at radius 2 is 1.93 bits per heavy atom. The highest BCUT2D eigenvalue weighted by Gasteiger charge is 2.51. The molecule has 3 N–H and O–H groups in total. The average molecular weight is 595 g/mol. The zero-order chi connectivity index (χ0) is 31.5. The Balaban J connectivity index is 0.000000326. The highest BCUT2D eigenvalue weighted by molar-refractivity contribution is 5.75. The predicted octanol–water partition coefficient (Wildman–Crippen LogP) is 3.32. The number of aromatic nitrogens is 2. The molecule has 1 aliphatic carbocycles. The molecule has 2 heterocycles. The van der Waals surface area contributed by atoms with Crippen molar-refractivity contribution in [3.63, 3.8) is 0 Å². The molecule has 3 unspecified atom stereocenters. The zero-order valence-corrected chi connectivity index (χ0v) is 24.3. The molecule has 0 saturated carbocycles. The van der Waals surface area contributed by atoms with Gasteiger partial charge in [0.25, 0.3) is 5.92 Å². The van der Waals surface area contributed by atoms with Gasteiger partial charge >= 0.3 is 11.7 Å². The molecule has 1 fully saturated rings. The maximum atomic E-state index is 13.7. The largest absolute Gasteiger partial charge is 0.497 e. The summed E-state index contributed by atoms with van der Waals surface area (Å²) < 4.78 is 48.2. The van der Waals surface area contributed by atoms with E-state index < -0.39 is 30.4 Å². The average Bonchev–Trinajstić information content (AvgIpc) is 3.31. The molecule has 1 aromatic carbocycles. The van der Waals surface area contributed by atoms with E-state index in [4.69, 9.17) is 29.5 Å². The molecule has 3 atom stereocenters. The summed E-state index contributed by atoms with van der Waals surface area (Å²) in [5.74, 6) is -2.46. The smallest absolute Gasteiger partial charge is 0.351 e. The molecule has 13 heteroatoms. The number of nitrogens with zero attached hydrogens (tertiary/aromatic N) is 2. The molecule has 11 nitrogen and oxygen atoms in total. The predicted molar refractivity (Wildman–Crippen MR) is 154 cm³/mol. The number of methoxy groups -OCH3 is 2. The SMILES string of the molecule is C=O.CNC(C)C(=O)OCC1=CCCC=C1.COCC1CC(F)(F)C(n2ccc(N)nc2=O)O1.COc1ccccc1. The lowest BCUT2D eigenvalue weighted by molar-refractivity contribution is -0.144. The summed E-state index contributed by atoms with van der Waals surface area (Å²) in [7, 11) is 4.80. The number of carbonyl (C=O) groups is 2. The highest BCUT2D eigenvalue weighted by atomic mass is 19.3. The molecule has 42 heavy (non-hydrogen) atoms. The van der Waals surface area contributed by atoms with Gasteiger partial charge in [-0.3, -0.25) is 9.36 Å². The fraction of sp³-hybridized carbons (Fsp3) is 0.448. The fourth-order valence-corrected chi connectivity index (χ4v) is 3.62. The van der Waals surface area contributed by atoms with Crippen LogP contribution in [0.25, 0.3) is 0 Å². The Morgan fingerprint density at radius 1 is 1.24 bits per heavy atom. The first-order valence-corrected chi connectivity index (χ1v) is 13.1. The Labute approximate surface area is 244 Å². The summed E-state index contributed by atoms with van der Waals surface area (Å²) in [6.07, 6.45) is 6.59. The molecule has 1 aliphatic heterocycles. The quantitative estimate of drug-likeness (QED) is 0.437. The van der Waals surface area contributed by atoms with Gasteiger partial charge in [-0.1, -0.05) is 36.4 Å². The number of rotatable bonds is 8. The number of para-hydroxylation sites is 1. The summed E-state index contributed by atoms with van der Waals surface area (Å²) >= 11 is 0. The number of nitrogens with one attached hydrogen (secondary N) is 1. The van der Waals surface area contributed by atoms with Gasteiger partial charge in [0.05, 0.1) is 19.8 Å². The number of carbonyl (C=O) groups excluding carboxylic acids is 2. The maximum absolute atomic E-state index is 13.7. The normalized spacial score (nSPS) is 18.9. The summed E-state index contributed by atoms with van der Waals surface area (Å²) in [4.78, 5) is 34.2. The summed E-state index contributed by atoms with van der Waals surface area (Å²) in [5.41, 5.74) is 5.52. The number of alkyl halides is 2. The van der Waals surface area contributed by atoms with E-state index in [2.05, 4.69) is 22.5 Å². The highest BCUT2D eigenvalue weighted by Crippen LogP contribution is 2.41. The van der Waals surface area contributed by atoms with Crippen molar-refractivity contribution in [2.75, 3.05) is 40.2 Å². The second-order valence-electron chi connectivity index (χ2n) is 8.97. The molecule has 2 aromatic rings. The number of likely N-dealkylation sites (N-methyl/N-ethyl adjacent to an activating group) is 1. The Bertz CT molecular complexity index is 1190. The molecule has 0 amide bonds. The number of hydrogen-bond acceptors (Lipinski definition) is 10. The van der Waals surface area contributed by atoms with E-state index in [1.54, 1.807) is 21.1 Å². The minimum absolute atomic E-state index is 0.0222. The Morgan fingerprint density at radius 3 is 2.45 bits per heavy atom. The van der Waals surface area contributed by atoms with Gasteiger partial charge in [-0.25, -0.2) is 13.6 Å². The van der Waals surface area contributed by atoms with Crippen LogP contribution in [-0.2, 0) is 23.8 Å². The van der Waals surface area contributed by atoms with E-state index in [-0.39, 0.29) is 24.4 Å². The molecular weight excluding hydrogens is 554 g/mol. The lowest BCUT2D eigenvalue weighted by Gasteiger charge is -2.19. The lowest BCUT2D eigenvalue weighted by Crippen LogP contribution is -2.35. The first kappa shape index (κ1) is 36.1. The van der Waals surface area contributed by atoms with E-state index in [0.29, 0.717) is 6.61 Å². The minimum atomic E-state index is -3.15. The van der Waals surface area contributed by atoms with Crippen LogP contribution in [0.4, 0.5) is 14.6 Å².